The van der Waals surface area contributed by atoms with E-state index in [0.29, 0.717) is 18.5 Å². The molecule has 1 aromatic rings. The number of nitrogens with two attached hydrogens (primary N) is 1. The van der Waals surface area contributed by atoms with Crippen molar-refractivity contribution in [3.05, 3.63) is 35.9 Å². The third-order valence-corrected chi connectivity index (χ3v) is 8.14. The third-order valence-electron chi connectivity index (χ3n) is 8.14. The van der Waals surface area contributed by atoms with Gasteiger partial charge in [-0.3, -0.25) is 19.8 Å². The zero-order valence-electron chi connectivity index (χ0n) is 33.4. The van der Waals surface area contributed by atoms with Crippen LogP contribution in [0.3, 0.4) is 0 Å². The standard InChI is InChI=1S/C39H67N5O8/c1-12-13-19-31(45)52-30(21-44(20-24(2)3)43-37(47)35(28(10)11)42-39(49)51-23-26(6)7)32(33(40)29-17-15-14-16-18-29)36(46)34(27(8)9)41-38(48)50-22-25(4)5/h14-18,24-28,30,32-35H,12-13,19-23,40H2,1-11H3,(H,41,48)(H,42,49)(H,43,47)/t30-,32+,33?,34-,35-/m0/s1. The number of hydrogen-bond donors (Lipinski definition) is 4. The van der Waals surface area contributed by atoms with Gasteiger partial charge in [-0.15, -0.1) is 0 Å². The lowest BCUT2D eigenvalue weighted by Gasteiger charge is -2.37. The van der Waals surface area contributed by atoms with Gasteiger partial charge >= 0.3 is 18.2 Å². The number of unbranched alkanes of at least 4 members (excludes halogenated alkanes) is 1. The molecule has 0 fully saturated rings. The molecule has 0 spiro atoms. The van der Waals surface area contributed by atoms with Crippen LogP contribution in [0.15, 0.2) is 30.3 Å². The van der Waals surface area contributed by atoms with Crippen LogP contribution >= 0.6 is 0 Å². The van der Waals surface area contributed by atoms with Crippen LogP contribution in [-0.2, 0) is 28.6 Å². The Kier molecular flexibility index (Phi) is 21.2. The first-order valence-electron chi connectivity index (χ1n) is 18.8. The molecule has 1 unspecified atom stereocenters. The number of benzene rings is 1. The van der Waals surface area contributed by atoms with Crippen molar-refractivity contribution in [2.24, 2.45) is 41.2 Å². The molecule has 3 amide bonds. The monoisotopic (exact) mass is 733 g/mol. The molecule has 52 heavy (non-hydrogen) atoms. The average molecular weight is 734 g/mol. The van der Waals surface area contributed by atoms with E-state index in [1.54, 1.807) is 57.0 Å². The van der Waals surface area contributed by atoms with Crippen LogP contribution in [0.1, 0.15) is 107 Å². The lowest BCUT2D eigenvalue weighted by Crippen LogP contribution is -2.59. The van der Waals surface area contributed by atoms with Gasteiger partial charge < -0.3 is 30.6 Å². The lowest BCUT2D eigenvalue weighted by molar-refractivity contribution is -0.157. The summed E-state index contributed by atoms with van der Waals surface area (Å²) in [6.45, 7) is 21.3. The zero-order chi connectivity index (χ0) is 39.5. The first-order valence-corrected chi connectivity index (χ1v) is 18.8. The fraction of sp³-hybridized carbons (Fsp3) is 0.718. The highest BCUT2D eigenvalue weighted by molar-refractivity contribution is 5.91. The maximum Gasteiger partial charge on any atom is 0.407 e. The summed E-state index contributed by atoms with van der Waals surface area (Å²) in [5.41, 5.74) is 10.5. The molecule has 0 saturated carbocycles. The fourth-order valence-electron chi connectivity index (χ4n) is 5.43. The molecular weight excluding hydrogens is 666 g/mol. The quantitative estimate of drug-likeness (QED) is 0.0613. The van der Waals surface area contributed by atoms with Crippen molar-refractivity contribution in [1.82, 2.24) is 21.1 Å². The van der Waals surface area contributed by atoms with Crippen molar-refractivity contribution >= 4 is 29.8 Å². The van der Waals surface area contributed by atoms with Crippen LogP contribution in [0.5, 0.6) is 0 Å². The number of carbonyl (C=O) groups excluding carboxylic acids is 5. The van der Waals surface area contributed by atoms with E-state index in [1.807, 2.05) is 54.5 Å². The molecule has 5 N–H and O–H groups in total. The molecule has 0 bridgehead atoms. The zero-order valence-corrected chi connectivity index (χ0v) is 33.4. The highest BCUT2D eigenvalue weighted by Crippen LogP contribution is 2.29. The topological polar surface area (TPSA) is 178 Å². The van der Waals surface area contributed by atoms with Gasteiger partial charge in [0.25, 0.3) is 5.91 Å². The second-order valence-corrected chi connectivity index (χ2v) is 15.5. The molecule has 1 rings (SSSR count). The SMILES string of the molecule is CCCCC(=O)O[C@@H](CN(CC(C)C)NC(=O)[C@@H](NC(=O)OCC(C)C)C(C)C)[C@@H](C(=O)[C@@H](NC(=O)OCC(C)C)C(C)C)C(N)c1ccccc1. The number of nitrogens with zero attached hydrogens (tertiary/aromatic N) is 1. The highest BCUT2D eigenvalue weighted by atomic mass is 16.6. The van der Waals surface area contributed by atoms with Gasteiger partial charge in [-0.2, -0.15) is 0 Å². The van der Waals surface area contributed by atoms with Gasteiger partial charge in [-0.05, 0) is 41.6 Å². The fourth-order valence-corrected chi connectivity index (χ4v) is 5.43. The maximum atomic E-state index is 14.8. The molecule has 13 heteroatoms. The predicted octanol–water partition coefficient (Wildman–Crippen LogP) is 5.78. The van der Waals surface area contributed by atoms with Crippen molar-refractivity contribution in [3.8, 4) is 0 Å². The molecule has 0 aliphatic heterocycles. The summed E-state index contributed by atoms with van der Waals surface area (Å²) in [6, 6.07) is 6.08. The molecule has 0 aromatic heterocycles. The van der Waals surface area contributed by atoms with Crippen LogP contribution < -0.4 is 21.8 Å². The van der Waals surface area contributed by atoms with Gasteiger partial charge in [0, 0.05) is 19.0 Å². The Labute approximate surface area is 311 Å². The first-order chi connectivity index (χ1) is 24.4. The van der Waals surface area contributed by atoms with Gasteiger partial charge in [0.2, 0.25) is 0 Å². The number of ketones is 1. The number of hydrazine groups is 1. The van der Waals surface area contributed by atoms with Crippen LogP contribution in [0, 0.1) is 35.5 Å². The summed E-state index contributed by atoms with van der Waals surface area (Å²) < 4.78 is 16.8. The summed E-state index contributed by atoms with van der Waals surface area (Å²) in [5.74, 6) is -3.05. The van der Waals surface area contributed by atoms with E-state index in [1.165, 1.54) is 0 Å². The van der Waals surface area contributed by atoms with Crippen molar-refractivity contribution in [2.75, 3.05) is 26.3 Å². The Hall–Kier alpha value is -3.71. The number of hydrogen-bond acceptors (Lipinski definition) is 10. The number of ether oxygens (including phenoxy) is 3. The van der Waals surface area contributed by atoms with Crippen LogP contribution in [0.25, 0.3) is 0 Å². The molecule has 296 valence electrons. The number of Topliss-reactive ketones (excluding diaryl/α,β-unsaturated/α-hetero) is 1. The van der Waals surface area contributed by atoms with Gasteiger partial charge in [0.1, 0.15) is 12.1 Å². The van der Waals surface area contributed by atoms with E-state index in [0.717, 1.165) is 6.42 Å². The van der Waals surface area contributed by atoms with E-state index < -0.39 is 60.0 Å². The van der Waals surface area contributed by atoms with E-state index in [9.17, 15) is 24.0 Å². The Morgan fingerprint density at radius 3 is 1.71 bits per heavy atom. The Morgan fingerprint density at radius 2 is 1.25 bits per heavy atom. The molecule has 0 heterocycles. The third kappa shape index (κ3) is 17.2. The minimum absolute atomic E-state index is 0.0240. The van der Waals surface area contributed by atoms with E-state index in [-0.39, 0.29) is 55.8 Å². The van der Waals surface area contributed by atoms with E-state index in [4.69, 9.17) is 19.9 Å². The van der Waals surface area contributed by atoms with Crippen molar-refractivity contribution in [2.45, 2.75) is 120 Å². The number of carbonyl (C=O) groups is 5. The summed E-state index contributed by atoms with van der Waals surface area (Å²) in [4.78, 5) is 67.4. The van der Waals surface area contributed by atoms with Crippen LogP contribution in [0.4, 0.5) is 9.59 Å². The molecule has 5 atom stereocenters. The van der Waals surface area contributed by atoms with Gasteiger partial charge in [-0.1, -0.05) is 113 Å². The van der Waals surface area contributed by atoms with Crippen LogP contribution in [0.2, 0.25) is 0 Å². The lowest BCUT2D eigenvalue weighted by atomic mass is 9.80. The number of nitrogens with one attached hydrogen (secondary N) is 3. The molecule has 0 radical (unpaired) electrons. The maximum absolute atomic E-state index is 14.8. The molecule has 1 aromatic carbocycles. The normalized spacial score (nSPS) is 14.6. The van der Waals surface area contributed by atoms with Gasteiger partial charge in [0.05, 0.1) is 31.7 Å². The van der Waals surface area contributed by atoms with E-state index in [2.05, 4.69) is 16.1 Å². The Morgan fingerprint density at radius 1 is 0.731 bits per heavy atom. The van der Waals surface area contributed by atoms with Gasteiger partial charge in [-0.25, -0.2) is 14.6 Å². The molecule has 0 aliphatic carbocycles. The number of rotatable bonds is 23. The second kappa shape index (κ2) is 23.8. The molecule has 0 aliphatic rings. The largest absolute Gasteiger partial charge is 0.460 e. The minimum Gasteiger partial charge on any atom is -0.460 e. The average Bonchev–Trinajstić information content (AvgIpc) is 3.06. The van der Waals surface area contributed by atoms with Crippen LogP contribution in [-0.4, -0.2) is 79.3 Å². The summed E-state index contributed by atoms with van der Waals surface area (Å²) in [5, 5.41) is 7.02. The summed E-state index contributed by atoms with van der Waals surface area (Å²) >= 11 is 0. The van der Waals surface area contributed by atoms with E-state index >= 15 is 0 Å². The molecule has 13 nitrogen and oxygen atoms in total. The smallest absolute Gasteiger partial charge is 0.407 e. The molecular formula is C39H67N5O8. The highest BCUT2D eigenvalue weighted by Gasteiger charge is 2.43. The summed E-state index contributed by atoms with van der Waals surface area (Å²) in [7, 11) is 0. The minimum atomic E-state index is -1.15. The Bertz CT molecular complexity index is 1240. The van der Waals surface area contributed by atoms with Crippen molar-refractivity contribution in [1.29, 1.82) is 0 Å². The predicted molar refractivity (Wildman–Crippen MR) is 202 cm³/mol. The second-order valence-electron chi connectivity index (χ2n) is 15.5. The Balaban J connectivity index is 3.70. The molecule has 0 saturated heterocycles. The van der Waals surface area contributed by atoms with Crippen molar-refractivity contribution in [3.63, 3.8) is 0 Å². The number of esters is 1. The van der Waals surface area contributed by atoms with Crippen molar-refractivity contribution < 1.29 is 38.2 Å². The van der Waals surface area contributed by atoms with Gasteiger partial charge in [0.15, 0.2) is 5.78 Å². The number of alkyl carbamates (subject to hydrolysis) is 2. The summed E-state index contributed by atoms with van der Waals surface area (Å²) in [6.07, 6.45) is -1.15. The number of amides is 3. The first kappa shape index (κ1) is 46.3.